The summed E-state index contributed by atoms with van der Waals surface area (Å²) < 4.78 is 11.7. The Kier molecular flexibility index (Phi) is 12.4. The van der Waals surface area contributed by atoms with Crippen LogP contribution in [-0.4, -0.2) is 39.0 Å². The first-order valence-electron chi connectivity index (χ1n) is 15.3. The van der Waals surface area contributed by atoms with Gasteiger partial charge < -0.3 is 9.16 Å². The van der Waals surface area contributed by atoms with E-state index in [2.05, 4.69) is 89.4 Å². The maximum absolute atomic E-state index is 13.1. The van der Waals surface area contributed by atoms with E-state index in [-0.39, 0.29) is 33.8 Å². The van der Waals surface area contributed by atoms with Crippen LogP contribution in [0.1, 0.15) is 84.6 Å². The fourth-order valence-corrected chi connectivity index (χ4v) is 8.80. The Labute approximate surface area is 259 Å². The number of benzene rings is 1. The highest BCUT2D eigenvalue weighted by Gasteiger charge is 2.42. The average Bonchev–Trinajstić information content (AvgIpc) is 3.42. The van der Waals surface area contributed by atoms with Crippen LogP contribution in [0.4, 0.5) is 0 Å². The van der Waals surface area contributed by atoms with Gasteiger partial charge >= 0.3 is 5.97 Å². The number of hydrogen-bond donors (Lipinski definition) is 0. The molecule has 1 aliphatic heterocycles. The summed E-state index contributed by atoms with van der Waals surface area (Å²) in [6.45, 7) is 13.7. The third-order valence-corrected chi connectivity index (χ3v) is 15.9. The molecular formula is C34H51ClO4SSi. The van der Waals surface area contributed by atoms with E-state index in [1.165, 1.54) is 17.6 Å². The van der Waals surface area contributed by atoms with Crippen molar-refractivity contribution in [1.82, 2.24) is 0 Å². The zero-order chi connectivity index (χ0) is 30.3. The second-order valence-electron chi connectivity index (χ2n) is 13.3. The normalized spacial score (nSPS) is 25.8. The molecule has 7 heteroatoms. The zero-order valence-electron chi connectivity index (χ0n) is 26.2. The van der Waals surface area contributed by atoms with Crippen LogP contribution in [0.3, 0.4) is 0 Å². The molecule has 2 unspecified atom stereocenters. The van der Waals surface area contributed by atoms with Crippen molar-refractivity contribution >= 4 is 43.4 Å². The van der Waals surface area contributed by atoms with E-state index in [1.54, 1.807) is 0 Å². The smallest absolute Gasteiger partial charge is 0.305 e. The molecule has 0 amide bonds. The molecule has 1 heterocycles. The zero-order valence-corrected chi connectivity index (χ0v) is 28.8. The monoisotopic (exact) mass is 618 g/mol. The first kappa shape index (κ1) is 34.2. The Morgan fingerprint density at radius 3 is 2.66 bits per heavy atom. The van der Waals surface area contributed by atoms with Crippen LogP contribution >= 0.6 is 23.4 Å². The van der Waals surface area contributed by atoms with Crippen molar-refractivity contribution < 1.29 is 18.8 Å². The molecule has 0 bridgehead atoms. The average molecular weight is 619 g/mol. The quantitative estimate of drug-likeness (QED) is 0.0683. The second-order valence-corrected chi connectivity index (χ2v) is 19.8. The van der Waals surface area contributed by atoms with E-state index in [1.807, 2.05) is 11.8 Å². The van der Waals surface area contributed by atoms with Gasteiger partial charge in [-0.15, -0.1) is 23.4 Å². The molecule has 0 N–H and O–H groups in total. The van der Waals surface area contributed by atoms with Crippen molar-refractivity contribution in [2.45, 2.75) is 113 Å². The lowest BCUT2D eigenvalue weighted by Crippen LogP contribution is -2.43. The molecule has 1 fully saturated rings. The van der Waals surface area contributed by atoms with E-state index in [4.69, 9.17) is 20.8 Å². The van der Waals surface area contributed by atoms with Crippen molar-refractivity contribution in [2.24, 2.45) is 17.8 Å². The summed E-state index contributed by atoms with van der Waals surface area (Å²) in [6, 6.07) is 8.51. The molecule has 3 rings (SSSR count). The number of carbonyl (C=O) groups is 2. The Balaban J connectivity index is 1.75. The van der Waals surface area contributed by atoms with Gasteiger partial charge in [-0.3, -0.25) is 9.59 Å². The summed E-state index contributed by atoms with van der Waals surface area (Å²) in [5, 5.41) is 0.101. The maximum Gasteiger partial charge on any atom is 0.305 e. The van der Waals surface area contributed by atoms with Crippen molar-refractivity contribution in [2.75, 3.05) is 12.9 Å². The molecule has 1 aliphatic carbocycles. The predicted molar refractivity (Wildman–Crippen MR) is 175 cm³/mol. The number of hydrogen-bond acceptors (Lipinski definition) is 5. The summed E-state index contributed by atoms with van der Waals surface area (Å²) >= 11 is 9.12. The lowest BCUT2D eigenvalue weighted by Gasteiger charge is -2.39. The van der Waals surface area contributed by atoms with Crippen LogP contribution in [0.15, 0.2) is 53.5 Å². The largest absolute Gasteiger partial charge is 0.469 e. The number of halogens is 1. The van der Waals surface area contributed by atoms with Crippen molar-refractivity contribution in [3.63, 3.8) is 0 Å². The van der Waals surface area contributed by atoms with E-state index in [0.717, 1.165) is 44.3 Å². The third kappa shape index (κ3) is 9.07. The van der Waals surface area contributed by atoms with Gasteiger partial charge in [0.15, 0.2) is 8.32 Å². The fraction of sp³-hybridized carbons (Fsp3) is 0.647. The minimum Gasteiger partial charge on any atom is -0.469 e. The number of rotatable bonds is 14. The van der Waals surface area contributed by atoms with Gasteiger partial charge in [0.05, 0.1) is 18.1 Å². The third-order valence-electron chi connectivity index (χ3n) is 9.40. The number of ketones is 1. The van der Waals surface area contributed by atoms with Crippen LogP contribution in [0, 0.1) is 17.8 Å². The molecule has 0 aromatic heterocycles. The summed E-state index contributed by atoms with van der Waals surface area (Å²) in [6.07, 6.45) is 14.9. The van der Waals surface area contributed by atoms with Crippen LogP contribution in [0.2, 0.25) is 18.1 Å². The van der Waals surface area contributed by atoms with Crippen LogP contribution < -0.4 is 0 Å². The predicted octanol–water partition coefficient (Wildman–Crippen LogP) is 9.47. The number of fused-ring (bicyclic) bond motifs is 1. The number of ether oxygens (including phenoxy) is 1. The Morgan fingerprint density at radius 2 is 1.98 bits per heavy atom. The second kappa shape index (κ2) is 14.9. The molecule has 228 valence electrons. The minimum atomic E-state index is -2.03. The van der Waals surface area contributed by atoms with Gasteiger partial charge in [0.1, 0.15) is 5.78 Å². The summed E-state index contributed by atoms with van der Waals surface area (Å²) in [7, 11) is -0.608. The molecule has 1 aromatic rings. The number of alkyl halides is 1. The van der Waals surface area contributed by atoms with E-state index in [0.29, 0.717) is 24.5 Å². The Bertz CT molecular complexity index is 1090. The number of allylic oxidation sites excluding steroid dienone is 3. The highest BCUT2D eigenvalue weighted by atomic mass is 35.5. The van der Waals surface area contributed by atoms with Gasteiger partial charge in [-0.2, -0.15) is 0 Å². The molecule has 0 spiro atoms. The van der Waals surface area contributed by atoms with Crippen molar-refractivity contribution in [3.05, 3.63) is 54.1 Å². The van der Waals surface area contributed by atoms with Crippen molar-refractivity contribution in [3.8, 4) is 0 Å². The van der Waals surface area contributed by atoms with E-state index >= 15 is 0 Å². The molecule has 2 aliphatic rings. The van der Waals surface area contributed by atoms with Gasteiger partial charge in [-0.25, -0.2) is 0 Å². The van der Waals surface area contributed by atoms with Gasteiger partial charge in [-0.05, 0) is 73.7 Å². The molecule has 1 aromatic carbocycles. The minimum absolute atomic E-state index is 0.000874. The lowest BCUT2D eigenvalue weighted by atomic mass is 9.85. The summed E-state index contributed by atoms with van der Waals surface area (Å²) in [5.41, 5.74) is 1.24. The van der Waals surface area contributed by atoms with E-state index in [9.17, 15) is 9.59 Å². The summed E-state index contributed by atoms with van der Waals surface area (Å²) in [5.74, 6) is 1.65. The highest BCUT2D eigenvalue weighted by molar-refractivity contribution is 7.99. The number of esters is 1. The molecule has 4 nitrogen and oxygen atoms in total. The van der Waals surface area contributed by atoms with E-state index < -0.39 is 8.32 Å². The van der Waals surface area contributed by atoms with Crippen LogP contribution in [0.5, 0.6) is 0 Å². The topological polar surface area (TPSA) is 52.6 Å². The fourth-order valence-electron chi connectivity index (χ4n) is 5.72. The SMILES string of the molecule is CC[C@@H]1CC(=O)[C@H](CC=CCCCC(=O)OC)[C@H]1C=CC(CCC1(Cl)CSc2ccccc21)O[Si](C)(C)C(C)(C)C. The maximum atomic E-state index is 13.1. The van der Waals surface area contributed by atoms with Crippen molar-refractivity contribution in [1.29, 1.82) is 0 Å². The molecule has 0 radical (unpaired) electrons. The number of Topliss-reactive ketones (excluding diaryl/α,β-unsaturated/α-hetero) is 1. The van der Waals surface area contributed by atoms with Gasteiger partial charge in [0.25, 0.3) is 0 Å². The van der Waals surface area contributed by atoms with Gasteiger partial charge in [0, 0.05) is 29.4 Å². The highest BCUT2D eigenvalue weighted by Crippen LogP contribution is 2.50. The first-order valence-corrected chi connectivity index (χ1v) is 19.6. The first-order chi connectivity index (χ1) is 19.3. The Morgan fingerprint density at radius 1 is 1.24 bits per heavy atom. The molecular weight excluding hydrogens is 568 g/mol. The van der Waals surface area contributed by atoms with Crippen LogP contribution in [-0.2, 0) is 23.6 Å². The number of thioether (sulfide) groups is 1. The standard InChI is InChI=1S/C34H51ClO4SSi/c1-8-25-23-30(36)28(15-11-9-10-12-18-32(37)38-5)27(25)20-19-26(39-41(6,7)33(2,3)4)21-22-34(35)24-40-31-17-14-13-16-29(31)34/h9,11,13-14,16-17,19-20,25-28H,8,10,12,15,18,21-24H2,1-7H3/t25-,26?,27+,28-,34?/m1/s1. The Hall–Kier alpha value is -1.34. The summed E-state index contributed by atoms with van der Waals surface area (Å²) in [4.78, 5) is 25.4. The molecule has 5 atom stereocenters. The van der Waals surface area contributed by atoms with Crippen LogP contribution in [0.25, 0.3) is 0 Å². The van der Waals surface area contributed by atoms with Gasteiger partial charge in [0.2, 0.25) is 0 Å². The molecule has 1 saturated carbocycles. The number of unbranched alkanes of at least 4 members (excludes halogenated alkanes) is 1. The molecule has 41 heavy (non-hydrogen) atoms. The molecule has 0 saturated heterocycles. The van der Waals surface area contributed by atoms with Gasteiger partial charge in [-0.1, -0.05) is 76.6 Å². The number of methoxy groups -OCH3 is 1. The lowest BCUT2D eigenvalue weighted by molar-refractivity contribution is -0.140. The number of carbonyl (C=O) groups excluding carboxylic acids is 2.